The molecule has 0 fully saturated rings. The van der Waals surface area contributed by atoms with E-state index >= 15 is 0 Å². The summed E-state index contributed by atoms with van der Waals surface area (Å²) in [4.78, 5) is 18.8. The van der Waals surface area contributed by atoms with Crippen LogP contribution in [0.5, 0.6) is 5.75 Å². The predicted molar refractivity (Wildman–Crippen MR) is 97.0 cm³/mol. The molecule has 7 heteroatoms. The van der Waals surface area contributed by atoms with Crippen LogP contribution in [0.2, 0.25) is 5.02 Å². The van der Waals surface area contributed by atoms with Crippen molar-refractivity contribution in [1.29, 1.82) is 0 Å². The fourth-order valence-corrected chi connectivity index (χ4v) is 2.98. The number of aromatic hydroxyl groups is 1. The average molecular weight is 354 g/mol. The minimum Gasteiger partial charge on any atom is -0.508 e. The normalized spacial score (nSPS) is 11.1. The molecule has 0 saturated carbocycles. The second-order valence-corrected chi connectivity index (χ2v) is 6.01. The fourth-order valence-electron chi connectivity index (χ4n) is 2.79. The van der Waals surface area contributed by atoms with Gasteiger partial charge in [0, 0.05) is 27.5 Å². The van der Waals surface area contributed by atoms with Crippen LogP contribution in [-0.2, 0) is 0 Å². The Morgan fingerprint density at radius 2 is 1.96 bits per heavy atom. The first-order valence-electron chi connectivity index (χ1n) is 7.42. The summed E-state index contributed by atoms with van der Waals surface area (Å²) in [6, 6.07) is 13.4. The molecule has 0 bridgehead atoms. The van der Waals surface area contributed by atoms with E-state index in [9.17, 15) is 15.0 Å². The third kappa shape index (κ3) is 2.72. The molecule has 0 aliphatic carbocycles. The number of rotatable bonds is 3. The lowest BCUT2D eigenvalue weighted by Gasteiger charge is -2.08. The zero-order chi connectivity index (χ0) is 17.6. The molecule has 6 nitrogen and oxygen atoms in total. The highest BCUT2D eigenvalue weighted by molar-refractivity contribution is 6.30. The van der Waals surface area contributed by atoms with E-state index in [-0.39, 0.29) is 11.4 Å². The minimum atomic E-state index is -1.12. The van der Waals surface area contributed by atoms with E-state index in [4.69, 9.17) is 11.6 Å². The number of aromatic nitrogens is 2. The Bertz CT molecular complexity index is 1140. The molecule has 2 aromatic heterocycles. The number of anilines is 2. The summed E-state index contributed by atoms with van der Waals surface area (Å²) in [6.45, 7) is 0. The van der Waals surface area contributed by atoms with Gasteiger partial charge in [-0.1, -0.05) is 17.7 Å². The molecule has 124 valence electrons. The molecule has 4 aromatic rings. The van der Waals surface area contributed by atoms with Gasteiger partial charge in [0.1, 0.15) is 5.75 Å². The molecule has 0 aliphatic heterocycles. The van der Waals surface area contributed by atoms with Gasteiger partial charge in [-0.25, -0.2) is 9.78 Å². The molecule has 2 aromatic carbocycles. The largest absolute Gasteiger partial charge is 0.508 e. The number of pyridine rings is 1. The van der Waals surface area contributed by atoms with Crippen molar-refractivity contribution in [3.8, 4) is 5.75 Å². The maximum absolute atomic E-state index is 11.5. The molecule has 0 unspecified atom stereocenters. The van der Waals surface area contributed by atoms with Crippen LogP contribution in [0, 0.1) is 0 Å². The maximum Gasteiger partial charge on any atom is 0.354 e. The highest BCUT2D eigenvalue weighted by Crippen LogP contribution is 2.33. The molecule has 0 amide bonds. The molecule has 0 aliphatic rings. The van der Waals surface area contributed by atoms with Crippen LogP contribution in [0.15, 0.2) is 48.5 Å². The Morgan fingerprint density at radius 3 is 2.72 bits per heavy atom. The highest BCUT2D eigenvalue weighted by Gasteiger charge is 2.16. The van der Waals surface area contributed by atoms with Crippen molar-refractivity contribution in [3.05, 3.63) is 59.2 Å². The quantitative estimate of drug-likeness (QED) is 0.434. The van der Waals surface area contributed by atoms with Gasteiger partial charge in [-0.05, 0) is 36.4 Å². The van der Waals surface area contributed by atoms with E-state index in [1.807, 2.05) is 0 Å². The summed E-state index contributed by atoms with van der Waals surface area (Å²) in [6.07, 6.45) is 0. The molecular weight excluding hydrogens is 342 g/mol. The van der Waals surface area contributed by atoms with Crippen molar-refractivity contribution in [1.82, 2.24) is 9.97 Å². The zero-order valence-corrected chi connectivity index (χ0v) is 13.5. The Labute approximate surface area is 146 Å². The van der Waals surface area contributed by atoms with Gasteiger partial charge in [-0.2, -0.15) is 0 Å². The third-order valence-electron chi connectivity index (χ3n) is 3.88. The topological polar surface area (TPSA) is 98.2 Å². The number of halogens is 1. The number of nitrogens with zero attached hydrogens (tertiary/aromatic N) is 1. The summed E-state index contributed by atoms with van der Waals surface area (Å²) in [5, 5.41) is 24.2. The van der Waals surface area contributed by atoms with Crippen molar-refractivity contribution >= 4 is 50.9 Å². The molecule has 25 heavy (non-hydrogen) atoms. The van der Waals surface area contributed by atoms with Gasteiger partial charge in [-0.15, -0.1) is 0 Å². The average Bonchev–Trinajstić information content (AvgIpc) is 2.92. The van der Waals surface area contributed by atoms with Gasteiger partial charge >= 0.3 is 5.97 Å². The van der Waals surface area contributed by atoms with Crippen molar-refractivity contribution < 1.29 is 15.0 Å². The van der Waals surface area contributed by atoms with Crippen LogP contribution in [0.4, 0.5) is 11.5 Å². The molecule has 4 rings (SSSR count). The number of H-pyrrole nitrogens is 1. The number of hydrogen-bond acceptors (Lipinski definition) is 4. The first-order valence-corrected chi connectivity index (χ1v) is 7.80. The van der Waals surface area contributed by atoms with E-state index in [1.54, 1.807) is 42.5 Å². The van der Waals surface area contributed by atoms with Gasteiger partial charge in [0.05, 0.1) is 11.0 Å². The Balaban J connectivity index is 1.97. The number of phenols is 1. The van der Waals surface area contributed by atoms with Crippen LogP contribution >= 0.6 is 11.6 Å². The molecule has 0 saturated heterocycles. The van der Waals surface area contributed by atoms with E-state index < -0.39 is 5.97 Å². The maximum atomic E-state index is 11.5. The number of hydrogen-bond donors (Lipinski definition) is 4. The lowest BCUT2D eigenvalue weighted by molar-refractivity contribution is 0.0691. The van der Waals surface area contributed by atoms with Crippen LogP contribution in [-0.4, -0.2) is 26.2 Å². The van der Waals surface area contributed by atoms with Gasteiger partial charge in [0.25, 0.3) is 0 Å². The van der Waals surface area contributed by atoms with Gasteiger partial charge in [0.15, 0.2) is 11.5 Å². The second kappa shape index (κ2) is 5.68. The zero-order valence-electron chi connectivity index (χ0n) is 12.7. The fraction of sp³-hybridized carbons (Fsp3) is 0. The Morgan fingerprint density at radius 1 is 1.12 bits per heavy atom. The van der Waals surface area contributed by atoms with Crippen molar-refractivity contribution in [3.63, 3.8) is 0 Å². The minimum absolute atomic E-state index is 0.0778. The molecule has 0 atom stereocenters. The number of benzene rings is 2. The number of fused-ring (bicyclic) bond motifs is 3. The summed E-state index contributed by atoms with van der Waals surface area (Å²) >= 11 is 6.00. The van der Waals surface area contributed by atoms with Gasteiger partial charge < -0.3 is 20.5 Å². The number of nitrogens with one attached hydrogen (secondary N) is 2. The smallest absolute Gasteiger partial charge is 0.354 e. The number of carbonyl (C=O) groups is 1. The second-order valence-electron chi connectivity index (χ2n) is 5.57. The lowest BCUT2D eigenvalue weighted by atomic mass is 10.1. The number of aromatic amines is 1. The molecule has 4 N–H and O–H groups in total. The molecule has 0 spiro atoms. The molecule has 0 radical (unpaired) electrons. The lowest BCUT2D eigenvalue weighted by Crippen LogP contribution is -2.03. The van der Waals surface area contributed by atoms with Crippen LogP contribution < -0.4 is 5.32 Å². The van der Waals surface area contributed by atoms with E-state index in [2.05, 4.69) is 15.3 Å². The number of carboxylic acid groups (broad SMARTS) is 1. The van der Waals surface area contributed by atoms with Crippen molar-refractivity contribution in [2.24, 2.45) is 0 Å². The van der Waals surface area contributed by atoms with Gasteiger partial charge in [-0.3, -0.25) is 0 Å². The monoisotopic (exact) mass is 353 g/mol. The highest BCUT2D eigenvalue weighted by atomic mass is 35.5. The summed E-state index contributed by atoms with van der Waals surface area (Å²) < 4.78 is 0. The predicted octanol–water partition coefficient (Wildman–Crippen LogP) is 4.52. The molecule has 2 heterocycles. The standard InChI is InChI=1S/C18H12ClN3O3/c19-9-2-1-3-10(6-9)20-17-16-13(8-15(22-17)18(24)25)12-5-4-11(23)7-14(12)21-16/h1-8,21,23H,(H,20,22)(H,24,25). The van der Waals surface area contributed by atoms with E-state index in [0.717, 1.165) is 5.39 Å². The number of aromatic carboxylic acids is 1. The van der Waals surface area contributed by atoms with Crippen LogP contribution in [0.1, 0.15) is 10.5 Å². The first kappa shape index (κ1) is 15.3. The summed E-state index contributed by atoms with van der Waals surface area (Å²) in [5.74, 6) is -0.633. The Kier molecular flexibility index (Phi) is 3.47. The Hall–Kier alpha value is -3.25. The number of phenolic OH excluding ortho intramolecular Hbond substituents is 1. The first-order chi connectivity index (χ1) is 12.0. The van der Waals surface area contributed by atoms with Crippen molar-refractivity contribution in [2.75, 3.05) is 5.32 Å². The van der Waals surface area contributed by atoms with Crippen LogP contribution in [0.25, 0.3) is 21.8 Å². The van der Waals surface area contributed by atoms with Crippen LogP contribution in [0.3, 0.4) is 0 Å². The number of carboxylic acids is 1. The summed E-state index contributed by atoms with van der Waals surface area (Å²) in [5.41, 5.74) is 1.94. The van der Waals surface area contributed by atoms with E-state index in [0.29, 0.717) is 32.9 Å². The summed E-state index contributed by atoms with van der Waals surface area (Å²) in [7, 11) is 0. The third-order valence-corrected chi connectivity index (χ3v) is 4.11. The van der Waals surface area contributed by atoms with Crippen molar-refractivity contribution in [2.45, 2.75) is 0 Å². The van der Waals surface area contributed by atoms with Gasteiger partial charge in [0.2, 0.25) is 0 Å². The molecular formula is C18H12ClN3O3. The van der Waals surface area contributed by atoms with E-state index in [1.165, 1.54) is 6.07 Å². The SMILES string of the molecule is O=C(O)c1cc2c([nH]c3cc(O)ccc32)c(Nc2cccc(Cl)c2)n1.